The van der Waals surface area contributed by atoms with E-state index in [1.807, 2.05) is 20.8 Å². The first-order valence-electron chi connectivity index (χ1n) is 4.67. The lowest BCUT2D eigenvalue weighted by atomic mass is 9.83. The van der Waals surface area contributed by atoms with Gasteiger partial charge in [-0.1, -0.05) is 26.8 Å². The Labute approximate surface area is 110 Å². The van der Waals surface area contributed by atoms with Crippen molar-refractivity contribution in [3.8, 4) is 5.75 Å². The molecule has 0 aromatic heterocycles. The van der Waals surface area contributed by atoms with Crippen LogP contribution in [0.5, 0.6) is 5.75 Å². The summed E-state index contributed by atoms with van der Waals surface area (Å²) < 4.78 is 13.1. The fourth-order valence-electron chi connectivity index (χ4n) is 1.27. The van der Waals surface area contributed by atoms with Gasteiger partial charge < -0.3 is 10.8 Å². The number of hydrogen-bond donors (Lipinski definition) is 2. The average Bonchev–Trinajstić information content (AvgIpc) is 2.12. The first kappa shape index (κ1) is 15.7. The van der Waals surface area contributed by atoms with Crippen molar-refractivity contribution in [1.29, 1.82) is 0 Å². The number of aromatic hydroxyl groups is 1. The van der Waals surface area contributed by atoms with Gasteiger partial charge in [-0.25, -0.2) is 4.39 Å². The maximum absolute atomic E-state index is 13.1. The van der Waals surface area contributed by atoms with Crippen LogP contribution in [0.3, 0.4) is 0 Å². The SMILES string of the molecule is CC(C)(C)[C@@H](N)c1ccc(F)c(Br)c1O.Cl. The van der Waals surface area contributed by atoms with E-state index in [2.05, 4.69) is 15.9 Å². The van der Waals surface area contributed by atoms with Crippen molar-refractivity contribution < 1.29 is 9.50 Å². The summed E-state index contributed by atoms with van der Waals surface area (Å²) in [6.07, 6.45) is 0. The minimum atomic E-state index is -0.489. The van der Waals surface area contributed by atoms with Crippen LogP contribution in [0.15, 0.2) is 16.6 Å². The highest BCUT2D eigenvalue weighted by atomic mass is 79.9. The van der Waals surface area contributed by atoms with E-state index < -0.39 is 5.82 Å². The number of benzene rings is 1. The summed E-state index contributed by atoms with van der Waals surface area (Å²) in [4.78, 5) is 0. The highest BCUT2D eigenvalue weighted by Crippen LogP contribution is 2.39. The van der Waals surface area contributed by atoms with E-state index in [0.717, 1.165) is 0 Å². The fourth-order valence-corrected chi connectivity index (χ4v) is 1.63. The van der Waals surface area contributed by atoms with Crippen molar-refractivity contribution >= 4 is 28.3 Å². The summed E-state index contributed by atoms with van der Waals surface area (Å²) in [7, 11) is 0. The van der Waals surface area contributed by atoms with Crippen molar-refractivity contribution in [2.45, 2.75) is 26.8 Å². The first-order valence-corrected chi connectivity index (χ1v) is 5.47. The van der Waals surface area contributed by atoms with Gasteiger partial charge in [0.15, 0.2) is 0 Å². The van der Waals surface area contributed by atoms with E-state index in [1.54, 1.807) is 0 Å². The van der Waals surface area contributed by atoms with Crippen LogP contribution in [0.1, 0.15) is 32.4 Å². The zero-order chi connectivity index (χ0) is 11.8. The van der Waals surface area contributed by atoms with E-state index in [4.69, 9.17) is 5.73 Å². The third-order valence-electron chi connectivity index (χ3n) is 2.37. The molecule has 0 spiro atoms. The molecule has 3 N–H and O–H groups in total. The lowest BCUT2D eigenvalue weighted by Gasteiger charge is -2.28. The maximum atomic E-state index is 13.1. The second-order valence-electron chi connectivity index (χ2n) is 4.64. The van der Waals surface area contributed by atoms with Gasteiger partial charge in [0.2, 0.25) is 0 Å². The van der Waals surface area contributed by atoms with Gasteiger partial charge in [-0.3, -0.25) is 0 Å². The molecule has 0 fully saturated rings. The van der Waals surface area contributed by atoms with Gasteiger partial charge >= 0.3 is 0 Å². The molecular weight excluding hydrogens is 296 g/mol. The van der Waals surface area contributed by atoms with E-state index in [-0.39, 0.29) is 34.1 Å². The quantitative estimate of drug-likeness (QED) is 0.829. The van der Waals surface area contributed by atoms with Crippen LogP contribution in [0.2, 0.25) is 0 Å². The minimum Gasteiger partial charge on any atom is -0.506 e. The Kier molecular flexibility index (Phi) is 5.23. The van der Waals surface area contributed by atoms with Crippen LogP contribution < -0.4 is 5.73 Å². The van der Waals surface area contributed by atoms with Gasteiger partial charge in [0, 0.05) is 11.6 Å². The number of hydrogen-bond acceptors (Lipinski definition) is 2. The van der Waals surface area contributed by atoms with Gasteiger partial charge in [0.05, 0.1) is 4.47 Å². The predicted octanol–water partition coefficient (Wildman–Crippen LogP) is 3.76. The van der Waals surface area contributed by atoms with Crippen LogP contribution in [0, 0.1) is 11.2 Å². The highest BCUT2D eigenvalue weighted by molar-refractivity contribution is 9.10. The summed E-state index contributed by atoms with van der Waals surface area (Å²) in [5.74, 6) is -0.602. The third-order valence-corrected chi connectivity index (χ3v) is 3.12. The Bertz CT molecular complexity index is 379. The van der Waals surface area contributed by atoms with Gasteiger partial charge in [0.25, 0.3) is 0 Å². The Morgan fingerprint density at radius 2 is 1.88 bits per heavy atom. The molecule has 0 saturated heterocycles. The maximum Gasteiger partial charge on any atom is 0.141 e. The van der Waals surface area contributed by atoms with Gasteiger partial charge in [-0.05, 0) is 27.4 Å². The molecule has 5 heteroatoms. The molecule has 0 aliphatic carbocycles. The predicted molar refractivity (Wildman–Crippen MR) is 69.4 cm³/mol. The van der Waals surface area contributed by atoms with Gasteiger partial charge in [-0.2, -0.15) is 0 Å². The molecule has 1 aromatic rings. The fraction of sp³-hybridized carbons (Fsp3) is 0.455. The molecule has 1 aromatic carbocycles. The van der Waals surface area contributed by atoms with Crippen molar-refractivity contribution in [2.75, 3.05) is 0 Å². The van der Waals surface area contributed by atoms with E-state index in [9.17, 15) is 9.50 Å². The normalized spacial score (nSPS) is 13.1. The Morgan fingerprint density at radius 3 is 2.31 bits per heavy atom. The van der Waals surface area contributed by atoms with E-state index >= 15 is 0 Å². The molecule has 0 radical (unpaired) electrons. The van der Waals surface area contributed by atoms with Crippen molar-refractivity contribution in [3.05, 3.63) is 28.0 Å². The standard InChI is InChI=1S/C11H15BrFNO.ClH/c1-11(2,3)10(14)6-4-5-7(13)8(12)9(6)15;/h4-5,10,15H,14H2,1-3H3;1H/t10-;/m0./s1. The second kappa shape index (κ2) is 5.34. The number of nitrogens with two attached hydrogens (primary N) is 1. The minimum absolute atomic E-state index is 0. The molecule has 92 valence electrons. The van der Waals surface area contributed by atoms with Crippen LogP contribution in [0.25, 0.3) is 0 Å². The summed E-state index contributed by atoms with van der Waals surface area (Å²) in [6.45, 7) is 5.90. The average molecular weight is 313 g/mol. The van der Waals surface area contributed by atoms with Crippen molar-refractivity contribution in [3.63, 3.8) is 0 Å². The summed E-state index contributed by atoms with van der Waals surface area (Å²) in [6, 6.07) is 2.48. The molecule has 0 amide bonds. The molecule has 1 atom stereocenters. The monoisotopic (exact) mass is 311 g/mol. The molecular formula is C11H16BrClFNO. The van der Waals surface area contributed by atoms with E-state index in [0.29, 0.717) is 5.56 Å². The van der Waals surface area contributed by atoms with Crippen LogP contribution >= 0.6 is 28.3 Å². The number of rotatable bonds is 1. The largest absolute Gasteiger partial charge is 0.506 e. The number of phenols is 1. The molecule has 0 aliphatic heterocycles. The summed E-state index contributed by atoms with van der Waals surface area (Å²) >= 11 is 2.98. The van der Waals surface area contributed by atoms with Crippen molar-refractivity contribution in [2.24, 2.45) is 11.1 Å². The Hall–Kier alpha value is -0.320. The van der Waals surface area contributed by atoms with Gasteiger partial charge in [-0.15, -0.1) is 12.4 Å². The van der Waals surface area contributed by atoms with Crippen LogP contribution in [-0.4, -0.2) is 5.11 Å². The molecule has 0 bridgehead atoms. The number of phenolic OH excluding ortho intramolecular Hbond substituents is 1. The topological polar surface area (TPSA) is 46.2 Å². The molecule has 0 unspecified atom stereocenters. The second-order valence-corrected chi connectivity index (χ2v) is 5.44. The molecule has 1 rings (SSSR count). The zero-order valence-electron chi connectivity index (χ0n) is 9.42. The smallest absolute Gasteiger partial charge is 0.141 e. The third kappa shape index (κ3) is 3.09. The van der Waals surface area contributed by atoms with Crippen LogP contribution in [0.4, 0.5) is 4.39 Å². The van der Waals surface area contributed by atoms with Crippen LogP contribution in [-0.2, 0) is 0 Å². The van der Waals surface area contributed by atoms with Crippen molar-refractivity contribution in [1.82, 2.24) is 0 Å². The summed E-state index contributed by atoms with van der Waals surface area (Å²) in [5.41, 5.74) is 6.35. The molecule has 0 saturated carbocycles. The lowest BCUT2D eigenvalue weighted by Crippen LogP contribution is -2.26. The Balaban J connectivity index is 0.00000225. The molecule has 16 heavy (non-hydrogen) atoms. The van der Waals surface area contributed by atoms with E-state index in [1.165, 1.54) is 12.1 Å². The summed E-state index contributed by atoms with van der Waals surface area (Å²) in [5, 5.41) is 9.75. The Morgan fingerprint density at radius 1 is 1.38 bits per heavy atom. The first-order chi connectivity index (χ1) is 6.75. The highest BCUT2D eigenvalue weighted by Gasteiger charge is 2.26. The molecule has 2 nitrogen and oxygen atoms in total. The molecule has 0 aliphatic rings. The molecule has 0 heterocycles. The van der Waals surface area contributed by atoms with Gasteiger partial charge in [0.1, 0.15) is 11.6 Å². The lowest BCUT2D eigenvalue weighted by molar-refractivity contribution is 0.316. The number of halogens is 3. The zero-order valence-corrected chi connectivity index (χ0v) is 11.8.